The van der Waals surface area contributed by atoms with Crippen molar-refractivity contribution in [2.24, 2.45) is 0 Å². The van der Waals surface area contributed by atoms with Crippen LogP contribution in [0, 0.1) is 0 Å². The number of thioether (sulfide) groups is 1. The first kappa shape index (κ1) is 22.8. The molecule has 0 unspecified atom stereocenters. The Bertz CT molecular complexity index is 1340. The fraction of sp³-hybridized carbons (Fsp3) is 0.269. The summed E-state index contributed by atoms with van der Waals surface area (Å²) in [6.45, 7) is 0.384. The van der Waals surface area contributed by atoms with E-state index >= 15 is 0 Å². The highest BCUT2D eigenvalue weighted by molar-refractivity contribution is 7.99. The summed E-state index contributed by atoms with van der Waals surface area (Å²) in [5.74, 6) is 0.835. The maximum absolute atomic E-state index is 13.8. The Morgan fingerprint density at radius 2 is 1.88 bits per heavy atom. The van der Waals surface area contributed by atoms with Crippen molar-refractivity contribution in [3.63, 3.8) is 0 Å². The van der Waals surface area contributed by atoms with Crippen LogP contribution in [0.5, 0.6) is 5.75 Å². The van der Waals surface area contributed by atoms with Gasteiger partial charge in [0.25, 0.3) is 15.9 Å². The van der Waals surface area contributed by atoms with Crippen molar-refractivity contribution in [1.29, 1.82) is 0 Å². The van der Waals surface area contributed by atoms with E-state index in [0.717, 1.165) is 36.1 Å². The van der Waals surface area contributed by atoms with Crippen LogP contribution in [0.3, 0.4) is 0 Å². The van der Waals surface area contributed by atoms with Crippen LogP contribution in [-0.4, -0.2) is 33.7 Å². The van der Waals surface area contributed by atoms with Gasteiger partial charge in [-0.2, -0.15) is 0 Å². The number of nitrogens with zero attached hydrogens (tertiary/aromatic N) is 1. The first-order valence-corrected chi connectivity index (χ1v) is 13.7. The summed E-state index contributed by atoms with van der Waals surface area (Å²) in [7, 11) is -2.49. The fourth-order valence-electron chi connectivity index (χ4n) is 4.62. The maximum atomic E-state index is 13.8. The number of anilines is 1. The minimum atomic E-state index is -3.93. The largest absolute Gasteiger partial charge is 0.495 e. The molecular formula is C26H26N2O4S2. The minimum absolute atomic E-state index is 0.000970. The average molecular weight is 495 g/mol. The molecule has 3 aromatic rings. The molecule has 2 aliphatic rings. The highest BCUT2D eigenvalue weighted by Gasteiger charge is 2.32. The summed E-state index contributed by atoms with van der Waals surface area (Å²) in [4.78, 5) is 14.4. The molecular weight excluding hydrogens is 468 g/mol. The molecule has 34 heavy (non-hydrogen) atoms. The predicted octanol–water partition coefficient (Wildman–Crippen LogP) is 4.80. The van der Waals surface area contributed by atoms with Crippen LogP contribution in [0.15, 0.2) is 76.5 Å². The summed E-state index contributed by atoms with van der Waals surface area (Å²) in [5, 5.41) is 3.10. The molecule has 176 valence electrons. The van der Waals surface area contributed by atoms with Gasteiger partial charge >= 0.3 is 0 Å². The lowest BCUT2D eigenvalue weighted by Crippen LogP contribution is -2.36. The fourth-order valence-corrected chi connectivity index (χ4v) is 7.47. The van der Waals surface area contributed by atoms with Crippen LogP contribution in [-0.2, 0) is 16.4 Å². The highest BCUT2D eigenvalue weighted by atomic mass is 32.2. The maximum Gasteiger partial charge on any atom is 0.268 e. The molecule has 1 atom stereocenters. The zero-order valence-corrected chi connectivity index (χ0v) is 20.5. The van der Waals surface area contributed by atoms with Gasteiger partial charge in [-0.25, -0.2) is 8.42 Å². The molecule has 0 spiro atoms. The smallest absolute Gasteiger partial charge is 0.268 e. The molecule has 0 radical (unpaired) electrons. The van der Waals surface area contributed by atoms with Gasteiger partial charge in [-0.1, -0.05) is 36.4 Å². The Morgan fingerprint density at radius 3 is 2.74 bits per heavy atom. The zero-order chi connectivity index (χ0) is 23.7. The Morgan fingerprint density at radius 1 is 1.09 bits per heavy atom. The molecule has 0 saturated carbocycles. The molecule has 1 N–H and O–H groups in total. The summed E-state index contributed by atoms with van der Waals surface area (Å²) in [6, 6.07) is 20.1. The van der Waals surface area contributed by atoms with Gasteiger partial charge in [0.2, 0.25) is 0 Å². The third kappa shape index (κ3) is 4.16. The molecule has 0 bridgehead atoms. The molecule has 0 fully saturated rings. The number of para-hydroxylation sites is 1. The third-order valence-corrected chi connectivity index (χ3v) is 9.28. The van der Waals surface area contributed by atoms with Crippen molar-refractivity contribution in [1.82, 2.24) is 5.32 Å². The number of carbonyl (C=O) groups is 1. The number of hydrogen-bond acceptors (Lipinski definition) is 5. The van der Waals surface area contributed by atoms with Crippen LogP contribution in [0.25, 0.3) is 0 Å². The van der Waals surface area contributed by atoms with E-state index in [1.165, 1.54) is 22.4 Å². The minimum Gasteiger partial charge on any atom is -0.495 e. The van der Waals surface area contributed by atoms with E-state index in [4.69, 9.17) is 4.74 Å². The molecule has 3 aromatic carbocycles. The summed E-state index contributed by atoms with van der Waals surface area (Å²) in [5.41, 5.74) is 3.07. The number of fused-ring (bicyclic) bond motifs is 2. The Labute approximate surface area is 204 Å². The number of carbonyl (C=O) groups excluding carboxylic acids is 1. The molecule has 1 amide bonds. The summed E-state index contributed by atoms with van der Waals surface area (Å²) in [6.07, 6.45) is 2.39. The van der Waals surface area contributed by atoms with E-state index in [1.807, 2.05) is 42.5 Å². The average Bonchev–Trinajstić information content (AvgIpc) is 2.88. The highest BCUT2D eigenvalue weighted by Crippen LogP contribution is 2.37. The van der Waals surface area contributed by atoms with Crippen molar-refractivity contribution in [3.8, 4) is 5.75 Å². The lowest BCUT2D eigenvalue weighted by atomic mass is 10.0. The van der Waals surface area contributed by atoms with E-state index in [2.05, 4.69) is 11.4 Å². The van der Waals surface area contributed by atoms with Crippen molar-refractivity contribution < 1.29 is 17.9 Å². The molecule has 2 aliphatic heterocycles. The lowest BCUT2D eigenvalue weighted by Gasteiger charge is -2.31. The Kier molecular flexibility index (Phi) is 6.27. The SMILES string of the molecule is COc1ccc(C(=O)N[C@H]2CCSc3ccccc32)cc1S(=O)(=O)N1CCCc2ccccc21. The molecule has 0 aliphatic carbocycles. The molecule has 8 heteroatoms. The first-order valence-electron chi connectivity index (χ1n) is 11.3. The second kappa shape index (κ2) is 9.35. The zero-order valence-electron chi connectivity index (χ0n) is 18.9. The topological polar surface area (TPSA) is 75.7 Å². The standard InChI is InChI=1S/C26H26N2O4S2/c1-32-23-13-12-19(26(29)27-21-14-16-33-24-11-5-3-9-20(21)24)17-25(23)34(30,31)28-15-6-8-18-7-2-4-10-22(18)28/h2-5,7,9-13,17,21H,6,8,14-16H2,1H3,(H,27,29)/t21-/m0/s1. The van der Waals surface area contributed by atoms with Gasteiger partial charge in [-0.3, -0.25) is 9.10 Å². The van der Waals surface area contributed by atoms with Gasteiger partial charge in [0.1, 0.15) is 10.6 Å². The lowest BCUT2D eigenvalue weighted by molar-refractivity contribution is 0.0934. The first-order chi connectivity index (χ1) is 16.5. The van der Waals surface area contributed by atoms with Crippen LogP contribution in [0.2, 0.25) is 0 Å². The van der Waals surface area contributed by atoms with E-state index in [9.17, 15) is 13.2 Å². The van der Waals surface area contributed by atoms with Crippen molar-refractivity contribution in [3.05, 3.63) is 83.4 Å². The predicted molar refractivity (Wildman–Crippen MR) is 134 cm³/mol. The second-order valence-corrected chi connectivity index (χ2v) is 11.3. The molecule has 0 aromatic heterocycles. The Balaban J connectivity index is 1.48. The van der Waals surface area contributed by atoms with Crippen molar-refractivity contribution in [2.45, 2.75) is 35.1 Å². The normalized spacial score (nSPS) is 17.4. The molecule has 5 rings (SSSR count). The Hall–Kier alpha value is -2.97. The van der Waals surface area contributed by atoms with Crippen molar-refractivity contribution in [2.75, 3.05) is 23.7 Å². The third-order valence-electron chi connectivity index (χ3n) is 6.33. The van der Waals surface area contributed by atoms with Gasteiger partial charge < -0.3 is 10.1 Å². The van der Waals surface area contributed by atoms with Gasteiger partial charge in [0, 0.05) is 22.8 Å². The van der Waals surface area contributed by atoms with E-state index < -0.39 is 10.0 Å². The van der Waals surface area contributed by atoms with Crippen LogP contribution < -0.4 is 14.4 Å². The monoisotopic (exact) mass is 494 g/mol. The summed E-state index contributed by atoms with van der Waals surface area (Å²) < 4.78 is 34.4. The molecule has 2 heterocycles. The number of methoxy groups -OCH3 is 1. The van der Waals surface area contributed by atoms with E-state index in [-0.39, 0.29) is 22.6 Å². The number of hydrogen-bond donors (Lipinski definition) is 1. The van der Waals surface area contributed by atoms with Crippen molar-refractivity contribution >= 4 is 33.4 Å². The van der Waals surface area contributed by atoms with Crippen LogP contribution in [0.1, 0.15) is 40.4 Å². The van der Waals surface area contributed by atoms with Gasteiger partial charge in [-0.05, 0) is 60.7 Å². The van der Waals surface area contributed by atoms with Gasteiger partial charge in [-0.15, -0.1) is 11.8 Å². The molecule has 0 saturated heterocycles. The number of nitrogens with one attached hydrogen (secondary N) is 1. The number of aryl methyl sites for hydroxylation is 1. The quantitative estimate of drug-likeness (QED) is 0.551. The van der Waals surface area contributed by atoms with E-state index in [0.29, 0.717) is 17.8 Å². The number of sulfonamides is 1. The number of rotatable bonds is 5. The number of amides is 1. The number of ether oxygens (including phenoxy) is 1. The van der Waals surface area contributed by atoms with Gasteiger partial charge in [0.05, 0.1) is 18.8 Å². The van der Waals surface area contributed by atoms with Gasteiger partial charge in [0.15, 0.2) is 0 Å². The van der Waals surface area contributed by atoms with E-state index in [1.54, 1.807) is 23.9 Å². The second-order valence-electron chi connectivity index (χ2n) is 8.38. The molecule has 6 nitrogen and oxygen atoms in total. The number of benzene rings is 3. The summed E-state index contributed by atoms with van der Waals surface area (Å²) >= 11 is 1.78. The van der Waals surface area contributed by atoms with Crippen LogP contribution in [0.4, 0.5) is 5.69 Å². The van der Waals surface area contributed by atoms with Crippen LogP contribution >= 0.6 is 11.8 Å².